The first kappa shape index (κ1) is 19.8. The first-order chi connectivity index (χ1) is 12.9. The van der Waals surface area contributed by atoms with Crippen molar-refractivity contribution in [3.63, 3.8) is 0 Å². The first-order valence-corrected chi connectivity index (χ1v) is 11.0. The summed E-state index contributed by atoms with van der Waals surface area (Å²) in [6.45, 7) is 6.12. The van der Waals surface area contributed by atoms with Gasteiger partial charge in [0.25, 0.3) is 10.0 Å². The Morgan fingerprint density at radius 3 is 2.70 bits per heavy atom. The number of likely N-dealkylation sites (tertiary alicyclic amines) is 1. The molecule has 1 unspecified atom stereocenters. The van der Waals surface area contributed by atoms with Gasteiger partial charge in [-0.25, -0.2) is 0 Å². The summed E-state index contributed by atoms with van der Waals surface area (Å²) >= 11 is 0. The summed E-state index contributed by atoms with van der Waals surface area (Å²) in [6, 6.07) is 6.70. The van der Waals surface area contributed by atoms with E-state index in [2.05, 4.69) is 21.5 Å². The second-order valence-corrected chi connectivity index (χ2v) is 9.09. The van der Waals surface area contributed by atoms with E-state index in [1.807, 2.05) is 0 Å². The molecule has 1 atom stereocenters. The maximum absolute atomic E-state index is 12.3. The molecule has 3 rings (SSSR count). The number of piperidine rings is 1. The lowest BCUT2D eigenvalue weighted by Crippen LogP contribution is -2.42. The van der Waals surface area contributed by atoms with Crippen molar-refractivity contribution in [3.8, 4) is 0 Å². The quantitative estimate of drug-likeness (QED) is 0.789. The molecule has 1 amide bonds. The average molecular weight is 393 g/mol. The summed E-state index contributed by atoms with van der Waals surface area (Å²) < 4.78 is 28.1. The monoisotopic (exact) mass is 392 g/mol. The molecular weight excluding hydrogens is 364 g/mol. The van der Waals surface area contributed by atoms with Crippen LogP contribution in [-0.2, 0) is 14.8 Å². The molecule has 1 aromatic carbocycles. The summed E-state index contributed by atoms with van der Waals surface area (Å²) in [5.74, 6) is 0.567. The van der Waals surface area contributed by atoms with Crippen molar-refractivity contribution in [3.05, 3.63) is 29.8 Å². The van der Waals surface area contributed by atoms with Gasteiger partial charge >= 0.3 is 0 Å². The fraction of sp³-hybridized carbons (Fsp3) is 0.579. The first-order valence-electron chi connectivity index (χ1n) is 9.51. The predicted octanol–water partition coefficient (Wildman–Crippen LogP) is 1.31. The maximum Gasteiger partial charge on any atom is 0.285 e. The molecule has 0 radical (unpaired) electrons. The lowest BCUT2D eigenvalue weighted by atomic mass is 10.1. The molecule has 2 aliphatic heterocycles. The van der Waals surface area contributed by atoms with Gasteiger partial charge in [0.2, 0.25) is 5.91 Å². The lowest BCUT2D eigenvalue weighted by Gasteiger charge is -2.29. The summed E-state index contributed by atoms with van der Waals surface area (Å²) in [5, 5.41) is 2.96. The van der Waals surface area contributed by atoms with E-state index in [-0.39, 0.29) is 17.3 Å². The number of benzene rings is 1. The van der Waals surface area contributed by atoms with Crippen molar-refractivity contribution in [2.75, 3.05) is 39.8 Å². The molecule has 1 N–H and O–H groups in total. The Hall–Kier alpha value is -1.93. The number of likely N-dealkylation sites (N-methyl/N-ethyl adjacent to an activating group) is 1. The average Bonchev–Trinajstić information content (AvgIpc) is 2.93. The van der Waals surface area contributed by atoms with Gasteiger partial charge in [-0.3, -0.25) is 4.79 Å². The van der Waals surface area contributed by atoms with Crippen LogP contribution in [-0.4, -0.2) is 69.7 Å². The number of hydrogen-bond donors (Lipinski definition) is 1. The number of amidine groups is 1. The Kier molecular flexibility index (Phi) is 6.16. The van der Waals surface area contributed by atoms with E-state index in [0.717, 1.165) is 19.6 Å². The maximum atomic E-state index is 12.3. The molecule has 1 fully saturated rings. The number of carbonyl (C=O) groups excluding carboxylic acids is 1. The van der Waals surface area contributed by atoms with Gasteiger partial charge in [0.05, 0.1) is 6.54 Å². The Balaban J connectivity index is 1.51. The van der Waals surface area contributed by atoms with Crippen molar-refractivity contribution in [1.82, 2.24) is 15.1 Å². The molecule has 148 valence electrons. The topological polar surface area (TPSA) is 82.1 Å². The standard InChI is InChI=1S/C19H28N4O3S/c1-15(13-23-10-6-3-7-11-23)12-20-18(24)14-22(2)19-16-8-4-5-9-17(16)27(25,26)21-19/h4-5,8-9,15H,3,6-7,10-14H2,1-2H3,(H,20,24). The summed E-state index contributed by atoms with van der Waals surface area (Å²) in [7, 11) is -1.98. The number of amides is 1. The van der Waals surface area contributed by atoms with Crippen molar-refractivity contribution < 1.29 is 13.2 Å². The Morgan fingerprint density at radius 2 is 1.96 bits per heavy atom. The van der Waals surface area contributed by atoms with E-state index < -0.39 is 10.0 Å². The van der Waals surface area contributed by atoms with Crippen LogP contribution in [0.2, 0.25) is 0 Å². The van der Waals surface area contributed by atoms with Crippen molar-refractivity contribution in [2.24, 2.45) is 10.3 Å². The highest BCUT2D eigenvalue weighted by Crippen LogP contribution is 2.26. The highest BCUT2D eigenvalue weighted by atomic mass is 32.2. The highest BCUT2D eigenvalue weighted by Gasteiger charge is 2.30. The summed E-state index contributed by atoms with van der Waals surface area (Å²) in [5.41, 5.74) is 0.547. The number of fused-ring (bicyclic) bond motifs is 1. The van der Waals surface area contributed by atoms with Crippen LogP contribution in [0.4, 0.5) is 0 Å². The van der Waals surface area contributed by atoms with Crippen LogP contribution < -0.4 is 5.32 Å². The van der Waals surface area contributed by atoms with Crippen LogP contribution in [0.15, 0.2) is 33.6 Å². The Labute approximate surface area is 161 Å². The van der Waals surface area contributed by atoms with Gasteiger partial charge in [0.15, 0.2) is 5.84 Å². The van der Waals surface area contributed by atoms with E-state index in [1.165, 1.54) is 25.3 Å². The zero-order valence-electron chi connectivity index (χ0n) is 16.0. The van der Waals surface area contributed by atoms with Crippen LogP contribution in [0.25, 0.3) is 0 Å². The normalized spacial score (nSPS) is 19.9. The third-order valence-electron chi connectivity index (χ3n) is 5.02. The Morgan fingerprint density at radius 1 is 1.26 bits per heavy atom. The van der Waals surface area contributed by atoms with Crippen LogP contribution >= 0.6 is 0 Å². The van der Waals surface area contributed by atoms with E-state index in [1.54, 1.807) is 30.1 Å². The molecule has 7 nitrogen and oxygen atoms in total. The number of nitrogens with zero attached hydrogens (tertiary/aromatic N) is 3. The SMILES string of the molecule is CC(CNC(=O)CN(C)C1=NS(=O)(=O)c2ccccc21)CN1CCCCC1. The molecular formula is C19H28N4O3S. The van der Waals surface area contributed by atoms with E-state index in [0.29, 0.717) is 23.9 Å². The third-order valence-corrected chi connectivity index (χ3v) is 6.35. The molecule has 2 heterocycles. The van der Waals surface area contributed by atoms with Crippen molar-refractivity contribution >= 4 is 21.8 Å². The molecule has 8 heteroatoms. The molecule has 0 aromatic heterocycles. The van der Waals surface area contributed by atoms with Gasteiger partial charge in [-0.2, -0.15) is 8.42 Å². The largest absolute Gasteiger partial charge is 0.354 e. The number of carbonyl (C=O) groups is 1. The minimum atomic E-state index is -3.67. The van der Waals surface area contributed by atoms with E-state index >= 15 is 0 Å². The van der Waals surface area contributed by atoms with Gasteiger partial charge < -0.3 is 15.1 Å². The summed E-state index contributed by atoms with van der Waals surface area (Å²) in [4.78, 5) is 16.6. The van der Waals surface area contributed by atoms with Crippen molar-refractivity contribution in [2.45, 2.75) is 31.1 Å². The zero-order chi connectivity index (χ0) is 19.4. The zero-order valence-corrected chi connectivity index (χ0v) is 16.8. The van der Waals surface area contributed by atoms with Crippen LogP contribution in [0.5, 0.6) is 0 Å². The van der Waals surface area contributed by atoms with Crippen molar-refractivity contribution in [1.29, 1.82) is 0 Å². The Bertz CT molecular complexity index is 816. The van der Waals surface area contributed by atoms with E-state index in [9.17, 15) is 13.2 Å². The van der Waals surface area contributed by atoms with Gasteiger partial charge in [0, 0.05) is 25.7 Å². The smallest absolute Gasteiger partial charge is 0.285 e. The molecule has 2 aliphatic rings. The molecule has 1 aromatic rings. The van der Waals surface area contributed by atoms with Crippen LogP contribution in [0.3, 0.4) is 0 Å². The minimum absolute atomic E-state index is 0.0686. The van der Waals surface area contributed by atoms with Crippen LogP contribution in [0, 0.1) is 5.92 Å². The van der Waals surface area contributed by atoms with Gasteiger partial charge in [-0.1, -0.05) is 25.5 Å². The third kappa shape index (κ3) is 4.87. The number of nitrogens with one attached hydrogen (secondary N) is 1. The summed E-state index contributed by atoms with van der Waals surface area (Å²) in [6.07, 6.45) is 3.84. The number of hydrogen-bond acceptors (Lipinski definition) is 5. The van der Waals surface area contributed by atoms with Gasteiger partial charge in [-0.05, 0) is 44.0 Å². The number of rotatable bonds is 6. The predicted molar refractivity (Wildman–Crippen MR) is 105 cm³/mol. The molecule has 0 saturated carbocycles. The molecule has 0 spiro atoms. The second-order valence-electron chi connectivity index (χ2n) is 7.51. The molecule has 1 saturated heterocycles. The van der Waals surface area contributed by atoms with Gasteiger partial charge in [0.1, 0.15) is 4.90 Å². The van der Waals surface area contributed by atoms with E-state index in [4.69, 9.17) is 0 Å². The fourth-order valence-corrected chi connectivity index (χ4v) is 4.90. The molecule has 27 heavy (non-hydrogen) atoms. The van der Waals surface area contributed by atoms with Crippen LogP contribution in [0.1, 0.15) is 31.7 Å². The number of sulfonamides is 1. The fourth-order valence-electron chi connectivity index (χ4n) is 3.65. The minimum Gasteiger partial charge on any atom is -0.354 e. The lowest BCUT2D eigenvalue weighted by molar-refractivity contribution is -0.121. The van der Waals surface area contributed by atoms with Gasteiger partial charge in [-0.15, -0.1) is 4.40 Å². The second kappa shape index (κ2) is 8.39. The molecule has 0 aliphatic carbocycles. The highest BCUT2D eigenvalue weighted by molar-refractivity contribution is 7.90. The molecule has 0 bridgehead atoms.